The fraction of sp³-hybridized carbons (Fsp3) is 0.500. The van der Waals surface area contributed by atoms with Crippen molar-refractivity contribution in [2.75, 3.05) is 19.3 Å². The second kappa shape index (κ2) is 10.1. The monoisotopic (exact) mass is 440 g/mol. The second-order valence-electron chi connectivity index (χ2n) is 8.39. The fourth-order valence-electron chi connectivity index (χ4n) is 4.92. The summed E-state index contributed by atoms with van der Waals surface area (Å²) in [5.74, 6) is 0.578. The Morgan fingerprint density at radius 2 is 1.87 bits per heavy atom. The van der Waals surface area contributed by atoms with Gasteiger partial charge < -0.3 is 0 Å². The molecule has 2 aliphatic heterocycles. The molecule has 0 aromatic heterocycles. The largest absolute Gasteiger partial charge is 0.260 e. The highest BCUT2D eigenvalue weighted by atomic mass is 32.2. The molecule has 3 aliphatic rings. The molecule has 0 spiro atoms. The first-order valence-corrected chi connectivity index (χ1v) is 13.4. The average molecular weight is 441 g/mol. The Bertz CT molecular complexity index is 1020. The topological polar surface area (TPSA) is 49.7 Å². The van der Waals surface area contributed by atoms with Crippen LogP contribution in [-0.4, -0.2) is 37.8 Å². The number of rotatable bonds is 3. The van der Waals surface area contributed by atoms with Crippen LogP contribution >= 0.6 is 0 Å². The van der Waals surface area contributed by atoms with E-state index in [9.17, 15) is 8.42 Å². The molecule has 1 aliphatic carbocycles. The van der Waals surface area contributed by atoms with Crippen LogP contribution in [-0.2, 0) is 10.0 Å². The quantitative estimate of drug-likeness (QED) is 0.590. The third-order valence-electron chi connectivity index (χ3n) is 6.42. The Morgan fingerprint density at radius 3 is 2.52 bits per heavy atom. The van der Waals surface area contributed by atoms with Crippen LogP contribution in [0.1, 0.15) is 69.1 Å². The Hall–Kier alpha value is -1.98. The maximum atomic E-state index is 12.0. The highest BCUT2D eigenvalue weighted by Gasteiger charge is 2.37. The zero-order valence-corrected chi connectivity index (χ0v) is 20.4. The number of aryl methyl sites for hydroxylation is 1. The minimum atomic E-state index is -3.13. The number of aliphatic imine (C=N–C) groups is 1. The van der Waals surface area contributed by atoms with Gasteiger partial charge in [-0.05, 0) is 60.8 Å². The summed E-state index contributed by atoms with van der Waals surface area (Å²) in [4.78, 5) is 4.94. The molecule has 1 saturated heterocycles. The Kier molecular flexibility index (Phi) is 7.71. The Balaban J connectivity index is 0.00000132. The first-order chi connectivity index (χ1) is 14.9. The molecule has 1 fully saturated rings. The molecule has 2 heterocycles. The molecular formula is C26H36N2O2S. The third-order valence-corrected chi connectivity index (χ3v) is 7.72. The lowest BCUT2D eigenvalue weighted by molar-refractivity contribution is 0.265. The van der Waals surface area contributed by atoms with Gasteiger partial charge in [-0.3, -0.25) is 4.99 Å². The molecule has 1 aromatic rings. The minimum Gasteiger partial charge on any atom is -0.260 e. The molecule has 0 bridgehead atoms. The number of hydrogen-bond donors (Lipinski definition) is 0. The molecule has 168 valence electrons. The van der Waals surface area contributed by atoms with Crippen molar-refractivity contribution in [1.29, 1.82) is 0 Å². The zero-order chi connectivity index (χ0) is 22.6. The van der Waals surface area contributed by atoms with Gasteiger partial charge in [-0.1, -0.05) is 62.8 Å². The highest BCUT2D eigenvalue weighted by Crippen LogP contribution is 2.43. The van der Waals surface area contributed by atoms with Crippen molar-refractivity contribution in [2.45, 2.75) is 59.3 Å². The third kappa shape index (κ3) is 5.09. The first-order valence-electron chi connectivity index (χ1n) is 11.6. The summed E-state index contributed by atoms with van der Waals surface area (Å²) < 4.78 is 25.6. The number of sulfonamides is 1. The van der Waals surface area contributed by atoms with E-state index in [1.165, 1.54) is 34.1 Å². The Labute approximate surface area is 188 Å². The van der Waals surface area contributed by atoms with Crippen LogP contribution in [0, 0.1) is 12.8 Å². The molecule has 0 N–H and O–H groups in total. The number of hydrogen-bond acceptors (Lipinski definition) is 3. The number of fused-ring (bicyclic) bond motifs is 2. The summed E-state index contributed by atoms with van der Waals surface area (Å²) in [5.41, 5.74) is 7.67. The number of piperidine rings is 1. The van der Waals surface area contributed by atoms with Crippen molar-refractivity contribution in [2.24, 2.45) is 10.9 Å². The molecule has 0 amide bonds. The summed E-state index contributed by atoms with van der Waals surface area (Å²) in [6, 6.07) is 6.74. The van der Waals surface area contributed by atoms with Gasteiger partial charge in [-0.2, -0.15) is 0 Å². The van der Waals surface area contributed by atoms with Crippen LogP contribution in [0.3, 0.4) is 0 Å². The smallest absolute Gasteiger partial charge is 0.211 e. The molecule has 31 heavy (non-hydrogen) atoms. The van der Waals surface area contributed by atoms with Gasteiger partial charge in [-0.15, -0.1) is 0 Å². The van der Waals surface area contributed by atoms with E-state index >= 15 is 0 Å². The van der Waals surface area contributed by atoms with Crippen molar-refractivity contribution in [3.63, 3.8) is 0 Å². The second-order valence-corrected chi connectivity index (χ2v) is 10.4. The Morgan fingerprint density at radius 1 is 1.16 bits per heavy atom. The molecule has 4 nitrogen and oxygen atoms in total. The normalized spacial score (nSPS) is 22.0. The number of allylic oxidation sites excluding steroid dienone is 4. The standard InChI is InChI=1S/C24H30N2O2S.C2H6/c1-4-18-16-20-15-17(2)8-9-21(20)23(24-22(18)7-5-6-12-25-24)19-10-13-26(14-11-19)29(3,27)28;1-2/h6-9,12,15-16,19,23H,4-5,10-11,13-14H2,1-3H3;1-2H3. The zero-order valence-electron chi connectivity index (χ0n) is 19.6. The van der Waals surface area contributed by atoms with E-state index in [1.807, 2.05) is 20.0 Å². The van der Waals surface area contributed by atoms with Crippen molar-refractivity contribution < 1.29 is 8.42 Å². The van der Waals surface area contributed by atoms with E-state index in [4.69, 9.17) is 4.99 Å². The van der Waals surface area contributed by atoms with Crippen LogP contribution in [0.5, 0.6) is 0 Å². The molecule has 1 atom stereocenters. The number of benzene rings is 1. The highest BCUT2D eigenvalue weighted by molar-refractivity contribution is 7.88. The minimum absolute atomic E-state index is 0.196. The molecular weight excluding hydrogens is 404 g/mol. The van der Waals surface area contributed by atoms with Crippen LogP contribution in [0.25, 0.3) is 6.08 Å². The molecule has 1 unspecified atom stereocenters. The summed E-state index contributed by atoms with van der Waals surface area (Å²) in [6.45, 7) is 9.54. The van der Waals surface area contributed by atoms with Crippen molar-refractivity contribution >= 4 is 21.8 Å². The molecule has 5 heteroatoms. The predicted octanol–water partition coefficient (Wildman–Crippen LogP) is 5.87. The van der Waals surface area contributed by atoms with Crippen molar-refractivity contribution in [3.8, 4) is 0 Å². The summed E-state index contributed by atoms with van der Waals surface area (Å²) in [7, 11) is -3.13. The summed E-state index contributed by atoms with van der Waals surface area (Å²) in [5, 5.41) is 0. The van der Waals surface area contributed by atoms with Gasteiger partial charge in [0, 0.05) is 25.2 Å². The molecule has 4 rings (SSSR count). The van der Waals surface area contributed by atoms with Crippen LogP contribution in [0.15, 0.2) is 52.7 Å². The van der Waals surface area contributed by atoms with Crippen molar-refractivity contribution in [1.82, 2.24) is 4.31 Å². The van der Waals surface area contributed by atoms with E-state index < -0.39 is 10.0 Å². The van der Waals surface area contributed by atoms with Crippen molar-refractivity contribution in [3.05, 3.63) is 64.4 Å². The lowest BCUT2D eigenvalue weighted by atomic mass is 9.74. The maximum absolute atomic E-state index is 12.0. The van der Waals surface area contributed by atoms with Gasteiger partial charge in [0.15, 0.2) is 0 Å². The van der Waals surface area contributed by atoms with Gasteiger partial charge in [-0.25, -0.2) is 12.7 Å². The van der Waals surface area contributed by atoms with Crippen LogP contribution in [0.4, 0.5) is 0 Å². The van der Waals surface area contributed by atoms with Gasteiger partial charge in [0.25, 0.3) is 0 Å². The first kappa shape index (κ1) is 23.7. The van der Waals surface area contributed by atoms with Gasteiger partial charge >= 0.3 is 0 Å². The predicted molar refractivity (Wildman–Crippen MR) is 132 cm³/mol. The van der Waals surface area contributed by atoms with Crippen LogP contribution in [0.2, 0.25) is 0 Å². The fourth-order valence-corrected chi connectivity index (χ4v) is 5.80. The lowest BCUT2D eigenvalue weighted by Gasteiger charge is -2.36. The van der Waals surface area contributed by atoms with E-state index in [-0.39, 0.29) is 5.92 Å². The molecule has 0 saturated carbocycles. The maximum Gasteiger partial charge on any atom is 0.211 e. The summed E-state index contributed by atoms with van der Waals surface area (Å²) in [6.07, 6.45) is 13.6. The van der Waals surface area contributed by atoms with E-state index in [0.29, 0.717) is 19.0 Å². The number of nitrogens with zero attached hydrogens (tertiary/aromatic N) is 2. The van der Waals surface area contributed by atoms with E-state index in [0.717, 1.165) is 31.4 Å². The molecule has 0 radical (unpaired) electrons. The van der Waals surface area contributed by atoms with Crippen LogP contribution < -0.4 is 0 Å². The average Bonchev–Trinajstić information content (AvgIpc) is 3.06. The van der Waals surface area contributed by atoms with Gasteiger partial charge in [0.2, 0.25) is 10.0 Å². The summed E-state index contributed by atoms with van der Waals surface area (Å²) >= 11 is 0. The van der Waals surface area contributed by atoms with Gasteiger partial charge in [0.1, 0.15) is 0 Å². The lowest BCUT2D eigenvalue weighted by Crippen LogP contribution is -2.40. The van der Waals surface area contributed by atoms with E-state index in [1.54, 1.807) is 4.31 Å². The SMILES string of the molecule is CC.CCC1=Cc2cc(C)ccc2C(C2CCN(S(C)(=O)=O)CC2)C2=NC=CCC=C12. The van der Waals surface area contributed by atoms with E-state index in [2.05, 4.69) is 50.3 Å². The molecule has 1 aromatic carbocycles. The van der Waals surface area contributed by atoms with Gasteiger partial charge in [0.05, 0.1) is 12.0 Å².